The van der Waals surface area contributed by atoms with E-state index in [1.165, 1.54) is 19.5 Å². The van der Waals surface area contributed by atoms with Crippen molar-refractivity contribution in [1.82, 2.24) is 19.9 Å². The van der Waals surface area contributed by atoms with Gasteiger partial charge < -0.3 is 14.4 Å². The van der Waals surface area contributed by atoms with Crippen LogP contribution in [0.4, 0.5) is 19.0 Å². The highest BCUT2D eigenvalue weighted by atomic mass is 19.4. The quantitative estimate of drug-likeness (QED) is 0.841. The minimum absolute atomic E-state index is 0.196. The highest BCUT2D eigenvalue weighted by Crippen LogP contribution is 2.30. The molecule has 128 valence electrons. The Labute approximate surface area is 135 Å². The maximum Gasteiger partial charge on any atom is 0.433 e. The van der Waals surface area contributed by atoms with Crippen LogP contribution in [0.25, 0.3) is 0 Å². The van der Waals surface area contributed by atoms with E-state index in [2.05, 4.69) is 19.9 Å². The fourth-order valence-electron chi connectivity index (χ4n) is 2.33. The summed E-state index contributed by atoms with van der Waals surface area (Å²) in [4.78, 5) is 16.9. The molecule has 0 N–H and O–H groups in total. The molecule has 1 unspecified atom stereocenters. The first-order chi connectivity index (χ1) is 11.5. The van der Waals surface area contributed by atoms with Gasteiger partial charge in [0.25, 0.3) is 0 Å². The number of hydrogen-bond donors (Lipinski definition) is 0. The van der Waals surface area contributed by atoms with E-state index in [-0.39, 0.29) is 17.9 Å². The zero-order valence-corrected chi connectivity index (χ0v) is 12.7. The monoisotopic (exact) mass is 341 g/mol. The van der Waals surface area contributed by atoms with Gasteiger partial charge in [0.15, 0.2) is 5.75 Å². The van der Waals surface area contributed by atoms with Gasteiger partial charge in [0.05, 0.1) is 26.0 Å². The molecule has 1 atom stereocenters. The number of alkyl halides is 3. The summed E-state index contributed by atoms with van der Waals surface area (Å²) in [6.07, 6.45) is -0.226. The largest absolute Gasteiger partial charge is 0.494 e. The molecule has 24 heavy (non-hydrogen) atoms. The number of ether oxygens (including phenoxy) is 2. The maximum atomic E-state index is 12.7. The van der Waals surface area contributed by atoms with Gasteiger partial charge in [-0.3, -0.25) is 0 Å². The summed E-state index contributed by atoms with van der Waals surface area (Å²) in [7, 11) is 1.50. The summed E-state index contributed by atoms with van der Waals surface area (Å²) in [5.74, 6) is 0.732. The third-order valence-electron chi connectivity index (χ3n) is 3.52. The van der Waals surface area contributed by atoms with Crippen molar-refractivity contribution in [2.75, 3.05) is 25.1 Å². The van der Waals surface area contributed by atoms with Gasteiger partial charge in [0.2, 0.25) is 0 Å². The van der Waals surface area contributed by atoms with Crippen LogP contribution in [-0.2, 0) is 6.18 Å². The summed E-state index contributed by atoms with van der Waals surface area (Å²) in [6, 6.07) is 1.13. The smallest absolute Gasteiger partial charge is 0.433 e. The Bertz CT molecular complexity index is 696. The number of halogens is 3. The topological polar surface area (TPSA) is 73.3 Å². The van der Waals surface area contributed by atoms with E-state index in [9.17, 15) is 13.2 Å². The minimum Gasteiger partial charge on any atom is -0.494 e. The van der Waals surface area contributed by atoms with Crippen molar-refractivity contribution in [3.05, 3.63) is 30.5 Å². The average Bonchev–Trinajstić information content (AvgIpc) is 3.03. The van der Waals surface area contributed by atoms with Crippen LogP contribution in [0.15, 0.2) is 24.8 Å². The highest BCUT2D eigenvalue weighted by Gasteiger charge is 2.34. The predicted octanol–water partition coefficient (Wildman–Crippen LogP) is 1.95. The number of anilines is 1. The van der Waals surface area contributed by atoms with Gasteiger partial charge in [0.1, 0.15) is 23.9 Å². The summed E-state index contributed by atoms with van der Waals surface area (Å²) >= 11 is 0. The van der Waals surface area contributed by atoms with E-state index in [4.69, 9.17) is 9.47 Å². The summed E-state index contributed by atoms with van der Waals surface area (Å²) in [5, 5.41) is 0. The molecular weight excluding hydrogens is 327 g/mol. The molecule has 0 aromatic carbocycles. The molecule has 1 fully saturated rings. The first kappa shape index (κ1) is 16.2. The van der Waals surface area contributed by atoms with Gasteiger partial charge >= 0.3 is 12.2 Å². The molecule has 0 radical (unpaired) electrons. The van der Waals surface area contributed by atoms with Gasteiger partial charge in [-0.2, -0.15) is 23.1 Å². The second kappa shape index (κ2) is 6.46. The Morgan fingerprint density at radius 1 is 1.17 bits per heavy atom. The Morgan fingerprint density at radius 2 is 1.92 bits per heavy atom. The normalized spacial score (nSPS) is 17.8. The predicted molar refractivity (Wildman–Crippen MR) is 76.9 cm³/mol. The molecule has 3 rings (SSSR count). The molecule has 7 nitrogen and oxygen atoms in total. The number of hydrogen-bond acceptors (Lipinski definition) is 7. The third-order valence-corrected chi connectivity index (χ3v) is 3.52. The fraction of sp³-hybridized carbons (Fsp3) is 0.429. The van der Waals surface area contributed by atoms with Crippen molar-refractivity contribution in [3.8, 4) is 11.8 Å². The molecule has 1 aliphatic rings. The molecular formula is C14H14F3N5O2. The van der Waals surface area contributed by atoms with E-state index in [1.807, 2.05) is 0 Å². The summed E-state index contributed by atoms with van der Waals surface area (Å²) in [5.41, 5.74) is -0.963. The molecule has 2 aromatic rings. The van der Waals surface area contributed by atoms with Crippen LogP contribution in [0, 0.1) is 0 Å². The second-order valence-electron chi connectivity index (χ2n) is 5.14. The molecule has 0 bridgehead atoms. The number of rotatable bonds is 4. The van der Waals surface area contributed by atoms with Crippen molar-refractivity contribution in [2.24, 2.45) is 0 Å². The average molecular weight is 341 g/mol. The van der Waals surface area contributed by atoms with Gasteiger partial charge in [-0.15, -0.1) is 0 Å². The molecule has 0 spiro atoms. The van der Waals surface area contributed by atoms with Crippen LogP contribution in [0.3, 0.4) is 0 Å². The van der Waals surface area contributed by atoms with Crippen LogP contribution in [0.2, 0.25) is 0 Å². The van der Waals surface area contributed by atoms with Gasteiger partial charge in [0, 0.05) is 19.0 Å². The van der Waals surface area contributed by atoms with Gasteiger partial charge in [-0.05, 0) is 0 Å². The Morgan fingerprint density at radius 3 is 2.58 bits per heavy atom. The minimum atomic E-state index is -4.50. The van der Waals surface area contributed by atoms with E-state index in [0.29, 0.717) is 25.3 Å². The van der Waals surface area contributed by atoms with E-state index in [1.54, 1.807) is 4.90 Å². The Hall–Kier alpha value is -2.65. The molecule has 1 saturated heterocycles. The first-order valence-corrected chi connectivity index (χ1v) is 7.12. The lowest BCUT2D eigenvalue weighted by atomic mass is 10.3. The molecule has 0 aliphatic carbocycles. The standard InChI is InChI=1S/C14H14F3N5O2/c1-23-10-5-18-13(19-6-10)24-9-2-3-22(7-9)12-4-11(14(15,16)17)20-8-21-12/h4-6,8-9H,2-3,7H2,1H3. The SMILES string of the molecule is COc1cnc(OC2CCN(c3cc(C(F)(F)F)ncn3)C2)nc1. The van der Waals surface area contributed by atoms with Crippen LogP contribution in [0.1, 0.15) is 12.1 Å². The Balaban J connectivity index is 1.64. The van der Waals surface area contributed by atoms with Crippen molar-refractivity contribution in [3.63, 3.8) is 0 Å². The van der Waals surface area contributed by atoms with Crippen molar-refractivity contribution < 1.29 is 22.6 Å². The molecule has 3 heterocycles. The maximum absolute atomic E-state index is 12.7. The van der Waals surface area contributed by atoms with Crippen molar-refractivity contribution in [2.45, 2.75) is 18.7 Å². The molecule has 0 amide bonds. The summed E-state index contributed by atoms with van der Waals surface area (Å²) in [6.45, 7) is 0.916. The number of aromatic nitrogens is 4. The van der Waals surface area contributed by atoms with Crippen LogP contribution in [0.5, 0.6) is 11.8 Å². The lowest BCUT2D eigenvalue weighted by Crippen LogP contribution is -2.26. The Kier molecular flexibility index (Phi) is 4.36. The van der Waals surface area contributed by atoms with Crippen LogP contribution < -0.4 is 14.4 Å². The lowest BCUT2D eigenvalue weighted by molar-refractivity contribution is -0.141. The zero-order chi connectivity index (χ0) is 17.2. The van der Waals surface area contributed by atoms with Crippen LogP contribution in [-0.4, -0.2) is 46.2 Å². The second-order valence-corrected chi connectivity index (χ2v) is 5.14. The first-order valence-electron chi connectivity index (χ1n) is 7.12. The third kappa shape index (κ3) is 3.63. The van der Waals surface area contributed by atoms with E-state index in [0.717, 1.165) is 12.4 Å². The number of methoxy groups -OCH3 is 1. The van der Waals surface area contributed by atoms with Crippen molar-refractivity contribution >= 4 is 5.82 Å². The zero-order valence-electron chi connectivity index (χ0n) is 12.7. The van der Waals surface area contributed by atoms with E-state index >= 15 is 0 Å². The molecule has 1 aliphatic heterocycles. The highest BCUT2D eigenvalue weighted by molar-refractivity contribution is 5.41. The molecule has 10 heteroatoms. The van der Waals surface area contributed by atoms with E-state index < -0.39 is 11.9 Å². The molecule has 0 saturated carbocycles. The van der Waals surface area contributed by atoms with Crippen LogP contribution >= 0.6 is 0 Å². The lowest BCUT2D eigenvalue weighted by Gasteiger charge is -2.18. The summed E-state index contributed by atoms with van der Waals surface area (Å²) < 4.78 is 48.8. The van der Waals surface area contributed by atoms with Gasteiger partial charge in [-0.25, -0.2) is 9.97 Å². The van der Waals surface area contributed by atoms with Crippen molar-refractivity contribution in [1.29, 1.82) is 0 Å². The fourth-order valence-corrected chi connectivity index (χ4v) is 2.33. The van der Waals surface area contributed by atoms with Gasteiger partial charge in [-0.1, -0.05) is 0 Å². The number of nitrogens with zero attached hydrogens (tertiary/aromatic N) is 5. The molecule has 2 aromatic heterocycles.